The molecule has 0 spiro atoms. The maximum absolute atomic E-state index is 9.64. The van der Waals surface area contributed by atoms with Crippen LogP contribution in [0, 0.1) is 0 Å². The van der Waals surface area contributed by atoms with Crippen LogP contribution in [0.1, 0.15) is 9.78 Å². The van der Waals surface area contributed by atoms with E-state index in [4.69, 9.17) is 10.2 Å². The first-order valence-corrected chi connectivity index (χ1v) is 1.51. The number of rotatable bonds is 1. The van der Waals surface area contributed by atoms with E-state index in [-0.39, 0.29) is 40.6 Å². The van der Waals surface area contributed by atoms with Crippen LogP contribution in [0.4, 0.5) is 0 Å². The first-order chi connectivity index (χ1) is 2.64. The van der Waals surface area contributed by atoms with Crippen molar-refractivity contribution >= 4 is 43.5 Å². The zero-order chi connectivity index (χ0) is 5.15. The van der Waals surface area contributed by atoms with E-state index in [1.807, 2.05) is 0 Å². The Balaban J connectivity index is -0.0000000417. The molecule has 0 rings (SSSR count). The molecule has 0 aliphatic rings. The van der Waals surface area contributed by atoms with Gasteiger partial charge in [-0.05, 0) is 6.92 Å². The number of Topliss-reactive ketones (excluding diaryl/α,β-unsaturated/α-hetero) is 1. The SMILES string of the molecule is CC(=O)C(O)O.[Ca+2].[H-].[H-]. The van der Waals surface area contributed by atoms with Gasteiger partial charge in [0.1, 0.15) is 0 Å². The van der Waals surface area contributed by atoms with Crippen LogP contribution in [-0.2, 0) is 4.79 Å². The van der Waals surface area contributed by atoms with E-state index >= 15 is 0 Å². The summed E-state index contributed by atoms with van der Waals surface area (Å²) < 4.78 is 0. The van der Waals surface area contributed by atoms with Gasteiger partial charge in [0.05, 0.1) is 0 Å². The average Bonchev–Trinajstić information content (AvgIpc) is 1.36. The molecule has 0 atom stereocenters. The van der Waals surface area contributed by atoms with E-state index in [1.165, 1.54) is 0 Å². The third kappa shape index (κ3) is 6.85. The molecule has 0 aromatic carbocycles. The number of carbonyl (C=O) groups is 1. The van der Waals surface area contributed by atoms with E-state index in [2.05, 4.69) is 0 Å². The normalized spacial score (nSPS) is 8.00. The molecule has 0 bridgehead atoms. The third-order valence-electron chi connectivity index (χ3n) is 0.364. The zero-order valence-electron chi connectivity index (χ0n) is 6.09. The van der Waals surface area contributed by atoms with E-state index in [9.17, 15) is 4.79 Å². The molecule has 7 heavy (non-hydrogen) atoms. The molecule has 0 aromatic heterocycles. The summed E-state index contributed by atoms with van der Waals surface area (Å²) in [4.78, 5) is 9.64. The Morgan fingerprint density at radius 1 is 1.71 bits per heavy atom. The third-order valence-corrected chi connectivity index (χ3v) is 0.364. The predicted molar refractivity (Wildman–Crippen MR) is 26.9 cm³/mol. The Morgan fingerprint density at radius 3 is 1.86 bits per heavy atom. The summed E-state index contributed by atoms with van der Waals surface area (Å²) in [6, 6.07) is 0. The monoisotopic (exact) mass is 132 g/mol. The fourth-order valence-corrected chi connectivity index (χ4v) is 0. The van der Waals surface area contributed by atoms with E-state index < -0.39 is 12.1 Å². The van der Waals surface area contributed by atoms with Crippen molar-refractivity contribution in [2.75, 3.05) is 0 Å². The summed E-state index contributed by atoms with van der Waals surface area (Å²) in [5.41, 5.74) is 0. The van der Waals surface area contributed by atoms with Gasteiger partial charge >= 0.3 is 37.7 Å². The van der Waals surface area contributed by atoms with Crippen molar-refractivity contribution in [2.45, 2.75) is 13.2 Å². The molecule has 0 aliphatic carbocycles. The summed E-state index contributed by atoms with van der Waals surface area (Å²) >= 11 is 0. The second-order valence-corrected chi connectivity index (χ2v) is 0.984. The Labute approximate surface area is 74.3 Å². The molecule has 0 heterocycles. The number of ketones is 1. The molecule has 2 N–H and O–H groups in total. The van der Waals surface area contributed by atoms with Crippen LogP contribution >= 0.6 is 0 Å². The van der Waals surface area contributed by atoms with Crippen molar-refractivity contribution in [3.05, 3.63) is 0 Å². The van der Waals surface area contributed by atoms with Crippen molar-refractivity contribution in [3.8, 4) is 0 Å². The summed E-state index contributed by atoms with van der Waals surface area (Å²) in [6.07, 6.45) is -1.79. The quantitative estimate of drug-likeness (QED) is 0.345. The Morgan fingerprint density at radius 2 is 1.86 bits per heavy atom. The van der Waals surface area contributed by atoms with Gasteiger partial charge in [0, 0.05) is 0 Å². The summed E-state index contributed by atoms with van der Waals surface area (Å²) in [5.74, 6) is -0.630. The number of hydrogen-bond donors (Lipinski definition) is 2. The van der Waals surface area contributed by atoms with Crippen LogP contribution in [-0.4, -0.2) is 60.0 Å². The minimum absolute atomic E-state index is 0. The molecule has 0 saturated heterocycles. The van der Waals surface area contributed by atoms with E-state index in [0.29, 0.717) is 0 Å². The number of hydrogen-bond acceptors (Lipinski definition) is 3. The van der Waals surface area contributed by atoms with Crippen LogP contribution in [0.3, 0.4) is 0 Å². The fraction of sp³-hybridized carbons (Fsp3) is 0.667. The van der Waals surface area contributed by atoms with Gasteiger partial charge in [-0.25, -0.2) is 0 Å². The minimum Gasteiger partial charge on any atom is -1.00 e. The standard InChI is InChI=1S/C3H6O3.Ca.2H/c1-2(4)3(5)6;;;/h3,5-6H,1H3;;;/q;+2;2*-1. The fourth-order valence-electron chi connectivity index (χ4n) is 0. The summed E-state index contributed by atoms with van der Waals surface area (Å²) in [5, 5.41) is 15.7. The van der Waals surface area contributed by atoms with Gasteiger partial charge in [-0.2, -0.15) is 0 Å². The van der Waals surface area contributed by atoms with Crippen molar-refractivity contribution < 1.29 is 17.9 Å². The molecule has 0 aliphatic heterocycles. The van der Waals surface area contributed by atoms with Gasteiger partial charge in [-0.15, -0.1) is 0 Å². The van der Waals surface area contributed by atoms with Gasteiger partial charge in [0.25, 0.3) is 0 Å². The molecular weight excluding hydrogens is 124 g/mol. The molecule has 40 valence electrons. The largest absolute Gasteiger partial charge is 2.00 e. The molecule has 0 radical (unpaired) electrons. The molecule has 0 saturated carbocycles. The van der Waals surface area contributed by atoms with Gasteiger partial charge in [0.15, 0.2) is 5.78 Å². The molecule has 0 aromatic rings. The van der Waals surface area contributed by atoms with Gasteiger partial charge < -0.3 is 13.1 Å². The van der Waals surface area contributed by atoms with Crippen molar-refractivity contribution in [1.29, 1.82) is 0 Å². The van der Waals surface area contributed by atoms with Crippen LogP contribution in [0.5, 0.6) is 0 Å². The zero-order valence-corrected chi connectivity index (χ0v) is 6.30. The van der Waals surface area contributed by atoms with Crippen molar-refractivity contribution in [3.63, 3.8) is 0 Å². The predicted octanol–water partition coefficient (Wildman–Crippen LogP) is -1.27. The van der Waals surface area contributed by atoms with Crippen LogP contribution in [0.2, 0.25) is 0 Å². The number of aliphatic hydroxyl groups excluding tert-OH is 1. The number of aliphatic hydroxyl groups is 2. The van der Waals surface area contributed by atoms with Crippen LogP contribution in [0.25, 0.3) is 0 Å². The first-order valence-electron chi connectivity index (χ1n) is 1.51. The Bertz CT molecular complexity index is 68.1. The van der Waals surface area contributed by atoms with Crippen molar-refractivity contribution in [1.82, 2.24) is 0 Å². The maximum Gasteiger partial charge on any atom is 2.00 e. The van der Waals surface area contributed by atoms with Crippen LogP contribution < -0.4 is 0 Å². The molecule has 0 fully saturated rings. The average molecular weight is 132 g/mol. The van der Waals surface area contributed by atoms with E-state index in [1.54, 1.807) is 0 Å². The second-order valence-electron chi connectivity index (χ2n) is 0.984. The topological polar surface area (TPSA) is 57.5 Å². The molecule has 0 unspecified atom stereocenters. The smallest absolute Gasteiger partial charge is 1.00 e. The summed E-state index contributed by atoms with van der Waals surface area (Å²) in [6.45, 7) is 1.10. The van der Waals surface area contributed by atoms with Crippen molar-refractivity contribution in [2.24, 2.45) is 0 Å². The maximum atomic E-state index is 9.64. The molecular formula is C3H8CaO3. The molecule has 0 amide bonds. The minimum atomic E-state index is -1.79. The number of carbonyl (C=O) groups excluding carboxylic acids is 1. The second kappa shape index (κ2) is 5.00. The first kappa shape index (κ1) is 10.8. The van der Waals surface area contributed by atoms with Gasteiger partial charge in [0.2, 0.25) is 6.29 Å². The molecule has 3 nitrogen and oxygen atoms in total. The Kier molecular flexibility index (Phi) is 7.68. The van der Waals surface area contributed by atoms with Crippen LogP contribution in [0.15, 0.2) is 0 Å². The molecule has 4 heteroatoms. The van der Waals surface area contributed by atoms with Gasteiger partial charge in [-0.3, -0.25) is 4.79 Å². The van der Waals surface area contributed by atoms with E-state index in [0.717, 1.165) is 6.92 Å². The Hall–Kier alpha value is 0.850. The summed E-state index contributed by atoms with van der Waals surface area (Å²) in [7, 11) is 0. The van der Waals surface area contributed by atoms with Gasteiger partial charge in [-0.1, -0.05) is 0 Å².